The number of aromatic nitrogens is 5. The monoisotopic (exact) mass is 1300 g/mol. The van der Waals surface area contributed by atoms with Crippen LogP contribution in [0.5, 0.6) is 0 Å². The molecule has 6 nitrogen and oxygen atoms in total. The van der Waals surface area contributed by atoms with Crippen LogP contribution in [0.2, 0.25) is 0 Å². The Morgan fingerprint density at radius 2 is 0.424 bits per heavy atom. The smallest absolute Gasteiger partial charge is 0.248 e. The fourth-order valence-corrected chi connectivity index (χ4v) is 15.2. The molecular formula is C93H93N5O. The van der Waals surface area contributed by atoms with Gasteiger partial charge in [0, 0.05) is 60.5 Å². The molecule has 0 amide bonds. The van der Waals surface area contributed by atoms with Crippen LogP contribution in [0, 0.1) is 0 Å². The second kappa shape index (κ2) is 23.0. The Bertz CT molecular complexity index is 4930. The van der Waals surface area contributed by atoms with Gasteiger partial charge in [-0.1, -0.05) is 228 Å². The number of nitrogens with zero attached hydrogens (tertiary/aromatic N) is 5. The lowest BCUT2D eigenvalue weighted by Crippen LogP contribution is -2.31. The van der Waals surface area contributed by atoms with Gasteiger partial charge in [0.15, 0.2) is 0 Å². The maximum Gasteiger partial charge on any atom is 0.248 e. The molecule has 15 rings (SSSR count). The van der Waals surface area contributed by atoms with Gasteiger partial charge in [-0.25, -0.2) is 0 Å². The zero-order valence-corrected chi connectivity index (χ0v) is 61.2. The highest BCUT2D eigenvalue weighted by molar-refractivity contribution is 6.12. The normalized spacial score (nSPS) is 13.2. The molecule has 0 saturated heterocycles. The van der Waals surface area contributed by atoms with Crippen LogP contribution in [-0.2, 0) is 37.9 Å². The summed E-state index contributed by atoms with van der Waals surface area (Å²) in [4.78, 5) is 0. The molecule has 0 atom stereocenters. The summed E-state index contributed by atoms with van der Waals surface area (Å²) in [5.74, 6) is 0.946. The van der Waals surface area contributed by atoms with E-state index in [1.54, 1.807) is 0 Å². The first-order valence-corrected chi connectivity index (χ1v) is 35.4. The second-order valence-electron chi connectivity index (χ2n) is 34.1. The minimum absolute atomic E-state index is 0.0220. The lowest BCUT2D eigenvalue weighted by Gasteiger charge is -2.37. The highest BCUT2D eigenvalue weighted by Gasteiger charge is 2.40. The summed E-state index contributed by atoms with van der Waals surface area (Å²) < 4.78 is 13.9. The van der Waals surface area contributed by atoms with Gasteiger partial charge in [-0.3, -0.25) is 0 Å². The molecule has 0 aliphatic carbocycles. The molecule has 0 aliphatic heterocycles. The van der Waals surface area contributed by atoms with Crippen molar-refractivity contribution in [2.75, 3.05) is 0 Å². The molecule has 496 valence electrons. The van der Waals surface area contributed by atoms with Crippen molar-refractivity contribution >= 4 is 65.4 Å². The maximum absolute atomic E-state index is 6.47. The third-order valence-corrected chi connectivity index (χ3v) is 21.2. The summed E-state index contributed by atoms with van der Waals surface area (Å²) in [6.45, 7) is 41.6. The van der Waals surface area contributed by atoms with Gasteiger partial charge in [0.1, 0.15) is 0 Å². The highest BCUT2D eigenvalue weighted by atomic mass is 16.4. The van der Waals surface area contributed by atoms with E-state index in [0.29, 0.717) is 11.8 Å². The Hall–Kier alpha value is -10.0. The van der Waals surface area contributed by atoms with Crippen molar-refractivity contribution in [2.24, 2.45) is 0 Å². The zero-order valence-electron chi connectivity index (χ0n) is 61.2. The van der Waals surface area contributed by atoms with Crippen LogP contribution in [0.3, 0.4) is 0 Å². The van der Waals surface area contributed by atoms with Crippen LogP contribution in [0.1, 0.15) is 180 Å². The number of fused-ring (bicyclic) bond motifs is 9. The third-order valence-electron chi connectivity index (χ3n) is 21.2. The largest absolute Gasteiger partial charge is 0.416 e. The fourth-order valence-electron chi connectivity index (χ4n) is 15.2. The lowest BCUT2D eigenvalue weighted by molar-refractivity contribution is 0.584. The highest BCUT2D eigenvalue weighted by Crippen LogP contribution is 2.49. The van der Waals surface area contributed by atoms with Crippen LogP contribution in [0.4, 0.5) is 0 Å². The van der Waals surface area contributed by atoms with E-state index in [2.05, 4.69) is 355 Å². The van der Waals surface area contributed by atoms with Gasteiger partial charge in [0.25, 0.3) is 0 Å². The summed E-state index contributed by atoms with van der Waals surface area (Å²) in [6, 6.07) is 89.9. The van der Waals surface area contributed by atoms with Gasteiger partial charge < -0.3 is 18.1 Å². The Kier molecular flexibility index (Phi) is 15.1. The minimum Gasteiger partial charge on any atom is -0.416 e. The maximum atomic E-state index is 6.47. The summed E-state index contributed by atoms with van der Waals surface area (Å²) >= 11 is 0. The first kappa shape index (κ1) is 64.9. The van der Waals surface area contributed by atoms with E-state index in [1.807, 2.05) is 30.3 Å². The molecule has 0 radical (unpaired) electrons. The number of hydrogen-bond acceptors (Lipinski definition) is 3. The molecule has 0 unspecified atom stereocenters. The van der Waals surface area contributed by atoms with Gasteiger partial charge in [0.2, 0.25) is 11.8 Å². The fraction of sp³-hybridized carbons (Fsp3) is 0.269. The van der Waals surface area contributed by atoms with Crippen molar-refractivity contribution in [3.8, 4) is 40.0 Å². The van der Waals surface area contributed by atoms with Crippen molar-refractivity contribution < 1.29 is 4.42 Å². The molecule has 0 bridgehead atoms. The van der Waals surface area contributed by atoms with E-state index in [0.717, 1.165) is 50.4 Å². The topological polar surface area (TPSA) is 53.7 Å². The molecule has 0 saturated carbocycles. The predicted molar refractivity (Wildman–Crippen MR) is 419 cm³/mol. The van der Waals surface area contributed by atoms with Gasteiger partial charge in [-0.2, -0.15) is 0 Å². The van der Waals surface area contributed by atoms with Crippen molar-refractivity contribution in [3.05, 3.63) is 292 Å². The minimum atomic E-state index is -0.893. The molecule has 0 spiro atoms. The summed E-state index contributed by atoms with van der Waals surface area (Å²) in [5.41, 5.74) is 23.5. The second-order valence-corrected chi connectivity index (χ2v) is 34.1. The molecule has 0 N–H and O–H groups in total. The lowest BCUT2D eigenvalue weighted by atomic mass is 9.65. The van der Waals surface area contributed by atoms with Crippen molar-refractivity contribution in [3.63, 3.8) is 0 Å². The van der Waals surface area contributed by atoms with Crippen LogP contribution in [-0.4, -0.2) is 23.9 Å². The Labute approximate surface area is 585 Å². The van der Waals surface area contributed by atoms with Gasteiger partial charge in [-0.05, 0) is 222 Å². The summed E-state index contributed by atoms with van der Waals surface area (Å²) in [6.07, 6.45) is 0. The van der Waals surface area contributed by atoms with Gasteiger partial charge in [0.05, 0.1) is 38.5 Å². The van der Waals surface area contributed by atoms with Gasteiger partial charge in [-0.15, -0.1) is 10.2 Å². The molecule has 4 heterocycles. The number of hydrogen-bond donors (Lipinski definition) is 0. The van der Waals surface area contributed by atoms with Crippen LogP contribution in [0.25, 0.3) is 105 Å². The van der Waals surface area contributed by atoms with Crippen LogP contribution in [0.15, 0.2) is 241 Å². The standard InChI is InChI=1S/C93H93N5O/c1-87(2,3)64-34-46-79-73(52-64)74-53-65(88(4,5)6)35-47-80(74)96(79)70-40-28-61(29-41-70)93(60-26-24-59(25-27-60)86-95-94-85(99-86)58-22-20-19-21-23-58,62-30-42-71(43-31-62)97-81-48-36-66(89(7,8)9)54-75(81)76-55-67(90(10,11)12)37-49-82(76)97)63-32-44-72(45-33-63)98-83-50-38-68(91(13,14)15)56-77(83)78-57-69(92(16,17)18)39-51-84(78)98/h19-57H,1-18H3. The average molecular weight is 1300 g/mol. The molecule has 15 aromatic rings. The van der Waals surface area contributed by atoms with E-state index < -0.39 is 5.41 Å². The zero-order chi connectivity index (χ0) is 69.7. The molecule has 11 aromatic carbocycles. The Morgan fingerprint density at radius 3 is 0.646 bits per heavy atom. The van der Waals surface area contributed by atoms with Crippen LogP contribution >= 0.6 is 0 Å². The van der Waals surface area contributed by atoms with Crippen molar-refractivity contribution in [1.82, 2.24) is 23.9 Å². The molecule has 0 aliphatic rings. The Morgan fingerprint density at radius 1 is 0.222 bits per heavy atom. The van der Waals surface area contributed by atoms with E-state index in [-0.39, 0.29) is 32.5 Å². The molecule has 4 aromatic heterocycles. The molecule has 0 fully saturated rings. The summed E-state index contributed by atoms with van der Waals surface area (Å²) in [7, 11) is 0. The van der Waals surface area contributed by atoms with Crippen LogP contribution < -0.4 is 0 Å². The SMILES string of the molecule is CC(C)(C)c1ccc2c(c1)c1cc(C(C)(C)C)ccc1n2-c1ccc(C(c2ccc(-c3nnc(-c4ccccc4)o3)cc2)(c2ccc(-n3c4ccc(C(C)(C)C)cc4c4cc(C(C)(C)C)ccc43)cc2)c2ccc(-n3c4ccc(C(C)(C)C)cc4c4cc(C(C)(C)C)ccc43)cc2)cc1. The van der Waals surface area contributed by atoms with Crippen molar-refractivity contribution in [2.45, 2.75) is 163 Å². The van der Waals surface area contributed by atoms with Gasteiger partial charge >= 0.3 is 0 Å². The van der Waals surface area contributed by atoms with Crippen molar-refractivity contribution in [1.29, 1.82) is 0 Å². The number of rotatable bonds is 9. The van der Waals surface area contributed by atoms with E-state index in [1.165, 1.54) is 98.8 Å². The first-order valence-electron chi connectivity index (χ1n) is 35.4. The number of benzene rings is 11. The molecular weight excluding hydrogens is 1200 g/mol. The summed E-state index contributed by atoms with van der Waals surface area (Å²) in [5, 5.41) is 16.8. The predicted octanol–water partition coefficient (Wildman–Crippen LogP) is 24.9. The van der Waals surface area contributed by atoms with E-state index in [4.69, 9.17) is 4.42 Å². The molecule has 6 heteroatoms. The van der Waals surface area contributed by atoms with E-state index >= 15 is 0 Å². The third kappa shape index (κ3) is 11.2. The Balaban J connectivity index is 0.977. The first-order chi connectivity index (χ1) is 46.8. The van der Waals surface area contributed by atoms with E-state index in [9.17, 15) is 0 Å². The quantitative estimate of drug-likeness (QED) is 0.135. The molecule has 99 heavy (non-hydrogen) atoms. The average Bonchev–Trinajstić information content (AvgIpc) is 0.839.